The molecule has 3 nitrogen and oxygen atoms in total. The average Bonchev–Trinajstić information content (AvgIpc) is 2.86. The molecular weight excluding hydrogens is 260 g/mol. The van der Waals surface area contributed by atoms with Gasteiger partial charge in [-0.2, -0.15) is 0 Å². The van der Waals surface area contributed by atoms with Crippen molar-refractivity contribution in [1.82, 2.24) is 10.3 Å². The fourth-order valence-electron chi connectivity index (χ4n) is 3.29. The topological polar surface area (TPSA) is 37.0 Å². The van der Waals surface area contributed by atoms with Crippen molar-refractivity contribution in [3.05, 3.63) is 35.5 Å². The fraction of sp³-hybridized carbons (Fsp3) is 0.556. The summed E-state index contributed by atoms with van der Waals surface area (Å²) in [5.74, 6) is 0. The van der Waals surface area contributed by atoms with E-state index in [2.05, 4.69) is 48.4 Å². The van der Waals surface area contributed by atoms with Crippen molar-refractivity contribution in [2.75, 3.05) is 13.2 Å². The molecule has 0 spiro atoms. The summed E-state index contributed by atoms with van der Waals surface area (Å²) in [6, 6.07) is 9.14. The van der Waals surface area contributed by atoms with Gasteiger partial charge in [0.2, 0.25) is 0 Å². The molecule has 0 saturated carbocycles. The van der Waals surface area contributed by atoms with E-state index in [-0.39, 0.29) is 0 Å². The van der Waals surface area contributed by atoms with Gasteiger partial charge in [0, 0.05) is 29.2 Å². The number of aromatic nitrogens is 1. The van der Waals surface area contributed by atoms with Crippen LogP contribution in [0.25, 0.3) is 10.9 Å². The quantitative estimate of drug-likeness (QED) is 0.789. The molecule has 0 fully saturated rings. The number of hydrogen-bond acceptors (Lipinski definition) is 2. The van der Waals surface area contributed by atoms with Crippen molar-refractivity contribution in [1.29, 1.82) is 0 Å². The normalized spacial score (nSPS) is 18.3. The first-order valence-corrected chi connectivity index (χ1v) is 8.20. The lowest BCUT2D eigenvalue weighted by Crippen LogP contribution is -2.27. The number of ether oxygens (including phenoxy) is 1. The molecule has 3 heteroatoms. The summed E-state index contributed by atoms with van der Waals surface area (Å²) in [7, 11) is 0. The first-order chi connectivity index (χ1) is 10.3. The summed E-state index contributed by atoms with van der Waals surface area (Å²) in [4.78, 5) is 3.63. The lowest BCUT2D eigenvalue weighted by atomic mass is 9.91. The van der Waals surface area contributed by atoms with Gasteiger partial charge in [0.15, 0.2) is 0 Å². The Hall–Kier alpha value is -1.32. The van der Waals surface area contributed by atoms with Crippen LogP contribution < -0.4 is 5.32 Å². The minimum atomic E-state index is 0.333. The number of hydrogen-bond donors (Lipinski definition) is 2. The van der Waals surface area contributed by atoms with Gasteiger partial charge in [-0.25, -0.2) is 0 Å². The molecule has 0 amide bonds. The van der Waals surface area contributed by atoms with E-state index in [1.54, 1.807) is 0 Å². The second kappa shape index (κ2) is 6.63. The van der Waals surface area contributed by atoms with Crippen LogP contribution in [0, 0.1) is 0 Å². The number of fused-ring (bicyclic) bond motifs is 3. The molecule has 21 heavy (non-hydrogen) atoms. The number of H-pyrrole nitrogens is 1. The third-order valence-corrected chi connectivity index (χ3v) is 4.28. The van der Waals surface area contributed by atoms with Crippen LogP contribution in [-0.2, 0) is 11.2 Å². The molecule has 114 valence electrons. The van der Waals surface area contributed by atoms with Gasteiger partial charge < -0.3 is 15.0 Å². The highest BCUT2D eigenvalue weighted by atomic mass is 16.5. The van der Waals surface area contributed by atoms with Crippen molar-refractivity contribution < 1.29 is 4.74 Å². The number of rotatable bonds is 6. The Balaban J connectivity index is 1.64. The molecule has 2 N–H and O–H groups in total. The minimum Gasteiger partial charge on any atom is -0.379 e. The van der Waals surface area contributed by atoms with Gasteiger partial charge in [0.05, 0.1) is 6.10 Å². The van der Waals surface area contributed by atoms with Crippen LogP contribution in [0.4, 0.5) is 0 Å². The van der Waals surface area contributed by atoms with Gasteiger partial charge in [0.25, 0.3) is 0 Å². The van der Waals surface area contributed by atoms with Gasteiger partial charge in [-0.1, -0.05) is 18.2 Å². The predicted octanol–water partition coefficient (Wildman–Crippen LogP) is 3.95. The molecule has 1 aromatic carbocycles. The van der Waals surface area contributed by atoms with Crippen molar-refractivity contribution in [3.63, 3.8) is 0 Å². The Morgan fingerprint density at radius 2 is 2.19 bits per heavy atom. The molecule has 2 aromatic rings. The zero-order valence-electron chi connectivity index (χ0n) is 13.1. The van der Waals surface area contributed by atoms with Crippen LogP contribution in [0.2, 0.25) is 0 Å². The van der Waals surface area contributed by atoms with E-state index < -0.39 is 0 Å². The van der Waals surface area contributed by atoms with E-state index in [9.17, 15) is 0 Å². The SMILES string of the molecule is CC(C)OCCCNC1CCCc2c1[nH]c1ccccc21. The first-order valence-electron chi connectivity index (χ1n) is 8.20. The number of aromatic amines is 1. The Bertz CT molecular complexity index is 588. The van der Waals surface area contributed by atoms with Gasteiger partial charge in [0.1, 0.15) is 0 Å². The first kappa shape index (κ1) is 14.6. The second-order valence-electron chi connectivity index (χ2n) is 6.23. The van der Waals surface area contributed by atoms with Gasteiger partial charge >= 0.3 is 0 Å². The number of aryl methyl sites for hydroxylation is 1. The summed E-state index contributed by atoms with van der Waals surface area (Å²) >= 11 is 0. The highest BCUT2D eigenvalue weighted by Crippen LogP contribution is 2.34. The van der Waals surface area contributed by atoms with Crippen LogP contribution in [-0.4, -0.2) is 24.2 Å². The van der Waals surface area contributed by atoms with Crippen LogP contribution in [0.5, 0.6) is 0 Å². The van der Waals surface area contributed by atoms with Crippen LogP contribution >= 0.6 is 0 Å². The van der Waals surface area contributed by atoms with E-state index in [0.29, 0.717) is 12.1 Å². The molecule has 0 aliphatic heterocycles. The highest BCUT2D eigenvalue weighted by Gasteiger charge is 2.23. The third-order valence-electron chi connectivity index (χ3n) is 4.28. The highest BCUT2D eigenvalue weighted by molar-refractivity contribution is 5.85. The van der Waals surface area contributed by atoms with Crippen molar-refractivity contribution >= 4 is 10.9 Å². The van der Waals surface area contributed by atoms with Gasteiger partial charge in [-0.15, -0.1) is 0 Å². The maximum Gasteiger partial charge on any atom is 0.0518 e. The van der Waals surface area contributed by atoms with Gasteiger partial charge in [-0.3, -0.25) is 0 Å². The zero-order chi connectivity index (χ0) is 14.7. The van der Waals surface area contributed by atoms with E-state index in [1.165, 1.54) is 41.4 Å². The van der Waals surface area contributed by atoms with E-state index >= 15 is 0 Å². The fourth-order valence-corrected chi connectivity index (χ4v) is 3.29. The second-order valence-corrected chi connectivity index (χ2v) is 6.23. The molecule has 1 atom stereocenters. The molecule has 1 heterocycles. The number of benzene rings is 1. The summed E-state index contributed by atoms with van der Waals surface area (Å²) in [6.45, 7) is 6.04. The Kier molecular flexibility index (Phi) is 4.61. The van der Waals surface area contributed by atoms with Gasteiger partial charge in [-0.05, 0) is 57.7 Å². The van der Waals surface area contributed by atoms with E-state index in [0.717, 1.165) is 19.6 Å². The summed E-state index contributed by atoms with van der Waals surface area (Å²) in [5.41, 5.74) is 4.21. The molecule has 1 aliphatic rings. The maximum absolute atomic E-state index is 5.60. The zero-order valence-corrected chi connectivity index (χ0v) is 13.1. The maximum atomic E-state index is 5.60. The molecule has 0 saturated heterocycles. The Morgan fingerprint density at radius 1 is 1.33 bits per heavy atom. The number of nitrogens with one attached hydrogen (secondary N) is 2. The van der Waals surface area contributed by atoms with Crippen LogP contribution in [0.1, 0.15) is 50.4 Å². The standard InChI is InChI=1S/C18H26N2O/c1-13(2)21-12-6-11-19-17-10-5-8-15-14-7-3-4-9-16(14)20-18(15)17/h3-4,7,9,13,17,19-20H,5-6,8,10-12H2,1-2H3. The average molecular weight is 286 g/mol. The molecule has 0 bridgehead atoms. The predicted molar refractivity (Wildman–Crippen MR) is 87.7 cm³/mol. The Labute approximate surface area is 127 Å². The van der Waals surface area contributed by atoms with Crippen molar-refractivity contribution in [2.24, 2.45) is 0 Å². The van der Waals surface area contributed by atoms with E-state index in [4.69, 9.17) is 4.74 Å². The van der Waals surface area contributed by atoms with Crippen molar-refractivity contribution in [3.8, 4) is 0 Å². The summed E-state index contributed by atoms with van der Waals surface area (Å²) in [5, 5.41) is 5.11. The molecule has 1 unspecified atom stereocenters. The summed E-state index contributed by atoms with van der Waals surface area (Å²) in [6.07, 6.45) is 5.11. The lowest BCUT2D eigenvalue weighted by Gasteiger charge is -2.24. The lowest BCUT2D eigenvalue weighted by molar-refractivity contribution is 0.0766. The molecule has 1 aromatic heterocycles. The van der Waals surface area contributed by atoms with Crippen molar-refractivity contribution in [2.45, 2.75) is 51.7 Å². The molecule has 0 radical (unpaired) electrons. The molecule has 1 aliphatic carbocycles. The van der Waals surface area contributed by atoms with Crippen LogP contribution in [0.3, 0.4) is 0 Å². The monoisotopic (exact) mass is 286 g/mol. The molecular formula is C18H26N2O. The number of para-hydroxylation sites is 1. The minimum absolute atomic E-state index is 0.333. The van der Waals surface area contributed by atoms with Crippen LogP contribution in [0.15, 0.2) is 24.3 Å². The Morgan fingerprint density at radius 3 is 3.05 bits per heavy atom. The summed E-state index contributed by atoms with van der Waals surface area (Å²) < 4.78 is 5.60. The third kappa shape index (κ3) is 3.30. The largest absolute Gasteiger partial charge is 0.379 e. The molecule has 3 rings (SSSR count). The van der Waals surface area contributed by atoms with E-state index in [1.807, 2.05) is 0 Å². The smallest absolute Gasteiger partial charge is 0.0518 e.